The lowest BCUT2D eigenvalue weighted by molar-refractivity contribution is -0.139. The molecule has 0 bridgehead atoms. The molecule has 1 aliphatic carbocycles. The molecule has 2 aliphatic rings. The molecule has 8 nitrogen and oxygen atoms in total. The molecule has 0 radical (unpaired) electrons. The summed E-state index contributed by atoms with van der Waals surface area (Å²) in [4.78, 5) is 24.2. The number of ketones is 1. The number of benzene rings is 2. The maximum absolute atomic E-state index is 12.3. The van der Waals surface area contributed by atoms with Gasteiger partial charge in [-0.25, -0.2) is 0 Å². The predicted octanol–water partition coefficient (Wildman–Crippen LogP) is 2.66. The lowest BCUT2D eigenvalue weighted by Crippen LogP contribution is -2.54. The molecule has 1 fully saturated rings. The minimum atomic E-state index is -0.358. The van der Waals surface area contributed by atoms with Gasteiger partial charge in [-0.1, -0.05) is 18.2 Å². The number of hydrogen-bond acceptors (Lipinski definition) is 7. The zero-order chi connectivity index (χ0) is 23.4. The van der Waals surface area contributed by atoms with Crippen molar-refractivity contribution in [1.29, 1.82) is 0 Å². The highest BCUT2D eigenvalue weighted by molar-refractivity contribution is 6.02. The van der Waals surface area contributed by atoms with Crippen molar-refractivity contribution in [3.05, 3.63) is 41.5 Å². The van der Waals surface area contributed by atoms with Gasteiger partial charge in [-0.3, -0.25) is 9.59 Å². The highest BCUT2D eigenvalue weighted by Crippen LogP contribution is 2.47. The SMILES string of the molecule is COCC(=O)NCC1(COc2c(-c3cccc4c3CCC4=O)ccc(OC)c2OC)COC1. The highest BCUT2D eigenvalue weighted by Gasteiger charge is 2.40. The zero-order valence-electron chi connectivity index (χ0n) is 19.2. The third-order valence-electron chi connectivity index (χ3n) is 6.14. The van der Waals surface area contributed by atoms with E-state index in [2.05, 4.69) is 5.32 Å². The number of methoxy groups -OCH3 is 3. The number of rotatable bonds is 10. The number of carbonyl (C=O) groups excluding carboxylic acids is 2. The second kappa shape index (κ2) is 9.80. The van der Waals surface area contributed by atoms with Gasteiger partial charge in [0.1, 0.15) is 13.2 Å². The molecule has 176 valence electrons. The molecule has 2 aromatic carbocycles. The number of hydrogen-bond donors (Lipinski definition) is 1. The van der Waals surface area contributed by atoms with Crippen molar-refractivity contribution in [3.63, 3.8) is 0 Å². The molecule has 1 aliphatic heterocycles. The number of Topliss-reactive ketones (excluding diaryl/α,β-unsaturated/α-hetero) is 1. The summed E-state index contributed by atoms with van der Waals surface area (Å²) in [6.07, 6.45) is 1.21. The van der Waals surface area contributed by atoms with E-state index >= 15 is 0 Å². The van der Waals surface area contributed by atoms with Gasteiger partial charge in [-0.05, 0) is 29.7 Å². The first-order chi connectivity index (χ1) is 16.0. The van der Waals surface area contributed by atoms with Crippen LogP contribution >= 0.6 is 0 Å². The van der Waals surface area contributed by atoms with Crippen LogP contribution in [0.5, 0.6) is 17.2 Å². The Balaban J connectivity index is 1.66. The van der Waals surface area contributed by atoms with Gasteiger partial charge >= 0.3 is 0 Å². The van der Waals surface area contributed by atoms with E-state index in [0.717, 1.165) is 22.3 Å². The number of fused-ring (bicyclic) bond motifs is 1. The van der Waals surface area contributed by atoms with E-state index in [9.17, 15) is 9.59 Å². The van der Waals surface area contributed by atoms with Crippen molar-refractivity contribution >= 4 is 11.7 Å². The van der Waals surface area contributed by atoms with Crippen molar-refractivity contribution in [3.8, 4) is 28.4 Å². The molecule has 4 rings (SSSR count). The summed E-state index contributed by atoms with van der Waals surface area (Å²) < 4.78 is 27.9. The molecule has 1 saturated heterocycles. The third kappa shape index (κ3) is 4.54. The second-order valence-corrected chi connectivity index (χ2v) is 8.42. The Morgan fingerprint density at radius 1 is 1.00 bits per heavy atom. The average Bonchev–Trinajstić information content (AvgIpc) is 3.18. The molecule has 1 amide bonds. The molecule has 33 heavy (non-hydrogen) atoms. The molecule has 0 saturated carbocycles. The maximum Gasteiger partial charge on any atom is 0.246 e. The Labute approximate surface area is 193 Å². The van der Waals surface area contributed by atoms with Crippen LogP contribution in [0.1, 0.15) is 22.3 Å². The summed E-state index contributed by atoms with van der Waals surface area (Å²) in [5.74, 6) is 1.54. The van der Waals surface area contributed by atoms with Gasteiger partial charge in [-0.2, -0.15) is 0 Å². The highest BCUT2D eigenvalue weighted by atomic mass is 16.5. The number of ether oxygens (including phenoxy) is 5. The van der Waals surface area contributed by atoms with E-state index in [4.69, 9.17) is 23.7 Å². The molecule has 8 heteroatoms. The molecule has 1 N–H and O–H groups in total. The minimum absolute atomic E-state index is 0.00346. The largest absolute Gasteiger partial charge is 0.493 e. The van der Waals surface area contributed by atoms with Gasteiger partial charge in [0, 0.05) is 31.2 Å². The van der Waals surface area contributed by atoms with Crippen molar-refractivity contribution < 1.29 is 33.3 Å². The van der Waals surface area contributed by atoms with Crippen LogP contribution in [0.15, 0.2) is 30.3 Å². The van der Waals surface area contributed by atoms with Crippen molar-refractivity contribution in [1.82, 2.24) is 5.32 Å². The number of carbonyl (C=O) groups is 2. The summed E-state index contributed by atoms with van der Waals surface area (Å²) in [5.41, 5.74) is 3.20. The van der Waals surface area contributed by atoms with Crippen LogP contribution < -0.4 is 19.5 Å². The molecule has 0 spiro atoms. The lowest BCUT2D eigenvalue weighted by Gasteiger charge is -2.41. The van der Waals surface area contributed by atoms with Gasteiger partial charge in [0.25, 0.3) is 0 Å². The summed E-state index contributed by atoms with van der Waals surface area (Å²) in [6.45, 7) is 1.66. The van der Waals surface area contributed by atoms with Crippen LogP contribution in [0, 0.1) is 5.41 Å². The van der Waals surface area contributed by atoms with Gasteiger partial charge < -0.3 is 29.0 Å². The minimum Gasteiger partial charge on any atom is -0.493 e. The topological polar surface area (TPSA) is 92.3 Å². The first-order valence-corrected chi connectivity index (χ1v) is 10.9. The van der Waals surface area contributed by atoms with Gasteiger partial charge in [0.15, 0.2) is 17.3 Å². The summed E-state index contributed by atoms with van der Waals surface area (Å²) in [6, 6.07) is 9.53. The van der Waals surface area contributed by atoms with Crippen molar-refractivity contribution in [2.75, 3.05) is 54.3 Å². The van der Waals surface area contributed by atoms with Crippen LogP contribution in [0.4, 0.5) is 0 Å². The first kappa shape index (κ1) is 23.1. The Morgan fingerprint density at radius 3 is 2.45 bits per heavy atom. The molecule has 2 aromatic rings. The van der Waals surface area contributed by atoms with E-state index in [1.165, 1.54) is 7.11 Å². The predicted molar refractivity (Wildman–Crippen MR) is 121 cm³/mol. The van der Waals surface area contributed by atoms with E-state index in [0.29, 0.717) is 56.5 Å². The van der Waals surface area contributed by atoms with Crippen LogP contribution in [-0.4, -0.2) is 66.0 Å². The Bertz CT molecular complexity index is 1050. The van der Waals surface area contributed by atoms with Crippen molar-refractivity contribution in [2.24, 2.45) is 5.41 Å². The number of amides is 1. The molecule has 1 heterocycles. The van der Waals surface area contributed by atoms with Gasteiger partial charge in [0.2, 0.25) is 11.7 Å². The maximum atomic E-state index is 12.3. The Morgan fingerprint density at radius 2 is 1.79 bits per heavy atom. The fourth-order valence-electron chi connectivity index (χ4n) is 4.32. The van der Waals surface area contributed by atoms with Crippen LogP contribution in [0.2, 0.25) is 0 Å². The second-order valence-electron chi connectivity index (χ2n) is 8.42. The molecular formula is C25H29NO7. The van der Waals surface area contributed by atoms with Crippen LogP contribution in [-0.2, 0) is 20.7 Å². The van der Waals surface area contributed by atoms with Crippen LogP contribution in [0.3, 0.4) is 0 Å². The van der Waals surface area contributed by atoms with Crippen LogP contribution in [0.25, 0.3) is 11.1 Å². The molecule has 0 unspecified atom stereocenters. The fraction of sp³-hybridized carbons (Fsp3) is 0.440. The van der Waals surface area contributed by atoms with E-state index in [-0.39, 0.29) is 23.7 Å². The zero-order valence-corrected chi connectivity index (χ0v) is 19.2. The fourth-order valence-corrected chi connectivity index (χ4v) is 4.32. The molecule has 0 aromatic heterocycles. The smallest absolute Gasteiger partial charge is 0.246 e. The summed E-state index contributed by atoms with van der Waals surface area (Å²) in [5, 5.41) is 2.88. The molecule has 0 atom stereocenters. The van der Waals surface area contributed by atoms with E-state index in [1.807, 2.05) is 30.3 Å². The normalized spacial score (nSPS) is 16.0. The summed E-state index contributed by atoms with van der Waals surface area (Å²) >= 11 is 0. The van der Waals surface area contributed by atoms with Gasteiger partial charge in [-0.15, -0.1) is 0 Å². The Hall–Kier alpha value is -3.10. The quantitative estimate of drug-likeness (QED) is 0.589. The standard InChI is InChI=1S/C25H29NO7/c1-29-11-22(28)26-12-25(13-32-14-25)15-33-23-19(8-10-21(30-2)24(23)31-3)16-5-4-6-18-17(16)7-9-20(18)27/h4-6,8,10H,7,9,11-15H2,1-3H3,(H,26,28). The molecular weight excluding hydrogens is 426 g/mol. The lowest BCUT2D eigenvalue weighted by atomic mass is 9.86. The van der Waals surface area contributed by atoms with E-state index in [1.54, 1.807) is 14.2 Å². The monoisotopic (exact) mass is 455 g/mol. The van der Waals surface area contributed by atoms with Gasteiger partial charge in [0.05, 0.1) is 32.8 Å². The Kier molecular flexibility index (Phi) is 6.85. The number of nitrogens with one attached hydrogen (secondary N) is 1. The third-order valence-corrected chi connectivity index (χ3v) is 6.14. The first-order valence-electron chi connectivity index (χ1n) is 10.9. The van der Waals surface area contributed by atoms with E-state index < -0.39 is 0 Å². The summed E-state index contributed by atoms with van der Waals surface area (Å²) in [7, 11) is 4.63. The average molecular weight is 456 g/mol. The van der Waals surface area contributed by atoms with Crippen molar-refractivity contribution in [2.45, 2.75) is 12.8 Å².